The van der Waals surface area contributed by atoms with E-state index in [1.165, 1.54) is 16.7 Å². The molecule has 4 rings (SSSR count). The zero-order chi connectivity index (χ0) is 19.3. The van der Waals surface area contributed by atoms with Crippen LogP contribution in [0.2, 0.25) is 0 Å². The molecule has 3 aromatic heterocycles. The lowest BCUT2D eigenvalue weighted by Gasteiger charge is -2.04. The number of aromatic nitrogens is 5. The highest BCUT2D eigenvalue weighted by Crippen LogP contribution is 2.26. The monoisotopic (exact) mass is 407 g/mol. The molecule has 0 aliphatic carbocycles. The minimum absolute atomic E-state index is 0.536. The Labute approximate surface area is 171 Å². The molecule has 0 aliphatic rings. The molecule has 8 heteroatoms. The quantitative estimate of drug-likeness (QED) is 0.329. The van der Waals surface area contributed by atoms with E-state index in [0.29, 0.717) is 23.3 Å². The third-order valence-corrected chi connectivity index (χ3v) is 5.54. The number of rotatable bonds is 6. The normalized spacial score (nSPS) is 10.9. The van der Waals surface area contributed by atoms with Crippen molar-refractivity contribution in [3.63, 3.8) is 0 Å². The maximum absolute atomic E-state index is 5.40. The molecular weight excluding hydrogens is 390 g/mol. The van der Waals surface area contributed by atoms with Crippen LogP contribution < -0.4 is 0 Å². The van der Waals surface area contributed by atoms with Gasteiger partial charge in [-0.3, -0.25) is 4.98 Å². The van der Waals surface area contributed by atoms with Gasteiger partial charge in [-0.1, -0.05) is 23.0 Å². The Bertz CT molecular complexity index is 1070. The summed E-state index contributed by atoms with van der Waals surface area (Å²) in [5.41, 5.74) is 2.56. The lowest BCUT2D eigenvalue weighted by molar-refractivity contribution is 0.391. The number of pyridine rings is 1. The Morgan fingerprint density at radius 1 is 0.964 bits per heavy atom. The van der Waals surface area contributed by atoms with Crippen LogP contribution in [0.15, 0.2) is 69.2 Å². The summed E-state index contributed by atoms with van der Waals surface area (Å²) in [4.78, 5) is 19.0. The molecule has 0 radical (unpaired) electrons. The predicted molar refractivity (Wildman–Crippen MR) is 111 cm³/mol. The maximum Gasteiger partial charge on any atom is 0.237 e. The predicted octanol–water partition coefficient (Wildman–Crippen LogP) is 4.91. The number of benzene rings is 1. The molecule has 0 N–H and O–H groups in total. The highest BCUT2D eigenvalue weighted by atomic mass is 32.2. The van der Waals surface area contributed by atoms with E-state index < -0.39 is 0 Å². The topological polar surface area (TPSA) is 77.6 Å². The third-order valence-electron chi connectivity index (χ3n) is 3.90. The summed E-state index contributed by atoms with van der Waals surface area (Å²) >= 11 is 3.23. The minimum atomic E-state index is 0.536. The zero-order valence-corrected chi connectivity index (χ0v) is 17.0. The number of thioether (sulfide) groups is 2. The summed E-state index contributed by atoms with van der Waals surface area (Å²) in [5, 5.41) is 4.93. The molecule has 1 aromatic carbocycles. The number of hydrogen-bond acceptors (Lipinski definition) is 8. The van der Waals surface area contributed by atoms with Crippen LogP contribution in [0.3, 0.4) is 0 Å². The van der Waals surface area contributed by atoms with Gasteiger partial charge in [-0.15, -0.1) is 11.8 Å². The summed E-state index contributed by atoms with van der Waals surface area (Å²) in [6.07, 6.45) is 3.80. The van der Waals surface area contributed by atoms with E-state index in [1.54, 1.807) is 18.0 Å². The summed E-state index contributed by atoms with van der Waals surface area (Å²) in [6, 6.07) is 15.8. The molecule has 28 heavy (non-hydrogen) atoms. The minimum Gasteiger partial charge on any atom is -0.338 e. The molecule has 0 aliphatic heterocycles. The average molecular weight is 408 g/mol. The van der Waals surface area contributed by atoms with Crippen molar-refractivity contribution in [2.45, 2.75) is 22.6 Å². The highest BCUT2D eigenvalue weighted by molar-refractivity contribution is 7.98. The first-order valence-corrected chi connectivity index (χ1v) is 10.8. The largest absolute Gasteiger partial charge is 0.338 e. The maximum atomic E-state index is 5.40. The van der Waals surface area contributed by atoms with Crippen molar-refractivity contribution in [1.29, 1.82) is 0 Å². The van der Waals surface area contributed by atoms with Crippen molar-refractivity contribution in [2.24, 2.45) is 0 Å². The Hall–Kier alpha value is -2.71. The summed E-state index contributed by atoms with van der Waals surface area (Å²) in [6.45, 7) is 1.87. The fourth-order valence-electron chi connectivity index (χ4n) is 2.57. The second-order valence-electron chi connectivity index (χ2n) is 5.88. The summed E-state index contributed by atoms with van der Waals surface area (Å²) in [5.74, 6) is 2.39. The van der Waals surface area contributed by atoms with E-state index in [-0.39, 0.29) is 0 Å². The summed E-state index contributed by atoms with van der Waals surface area (Å²) < 4.78 is 5.40. The number of hydrogen-bond donors (Lipinski definition) is 0. The Morgan fingerprint density at radius 3 is 2.57 bits per heavy atom. The Kier molecular flexibility index (Phi) is 5.68. The van der Waals surface area contributed by atoms with E-state index in [4.69, 9.17) is 4.52 Å². The smallest absolute Gasteiger partial charge is 0.237 e. The standard InChI is InChI=1S/C20H17N5OS2/c1-13-22-17(16-5-3-4-10-21-16)11-19(23-13)28-12-18-24-20(25-26-18)14-6-8-15(27-2)9-7-14/h3-11H,12H2,1-2H3. The van der Waals surface area contributed by atoms with Crippen LogP contribution in [0.5, 0.6) is 0 Å². The van der Waals surface area contributed by atoms with Gasteiger partial charge in [0.1, 0.15) is 10.9 Å². The first-order valence-electron chi connectivity index (χ1n) is 8.58. The van der Waals surface area contributed by atoms with Gasteiger partial charge in [0.05, 0.1) is 17.1 Å². The van der Waals surface area contributed by atoms with Gasteiger partial charge in [0.25, 0.3) is 0 Å². The van der Waals surface area contributed by atoms with Crippen LogP contribution in [-0.4, -0.2) is 31.3 Å². The van der Waals surface area contributed by atoms with Crippen LogP contribution in [0.4, 0.5) is 0 Å². The fourth-order valence-corrected chi connectivity index (χ4v) is 3.75. The molecule has 0 fully saturated rings. The second kappa shape index (κ2) is 8.53. The number of nitrogens with zero attached hydrogens (tertiary/aromatic N) is 5. The van der Waals surface area contributed by atoms with Crippen LogP contribution in [0.1, 0.15) is 11.7 Å². The van der Waals surface area contributed by atoms with Crippen molar-refractivity contribution < 1.29 is 4.52 Å². The highest BCUT2D eigenvalue weighted by Gasteiger charge is 2.11. The van der Waals surface area contributed by atoms with E-state index in [1.807, 2.05) is 61.7 Å². The van der Waals surface area contributed by atoms with E-state index >= 15 is 0 Å². The SMILES string of the molecule is CSc1ccc(-c2noc(CSc3cc(-c4ccccn4)nc(C)n3)n2)cc1. The Morgan fingerprint density at radius 2 is 1.82 bits per heavy atom. The molecular formula is C20H17N5OS2. The molecule has 0 bridgehead atoms. The third kappa shape index (κ3) is 4.40. The number of aryl methyl sites for hydroxylation is 1. The molecule has 140 valence electrons. The van der Waals surface area contributed by atoms with Crippen molar-refractivity contribution in [3.8, 4) is 22.8 Å². The molecule has 0 saturated heterocycles. The first-order chi connectivity index (χ1) is 13.7. The molecule has 0 saturated carbocycles. The molecule has 6 nitrogen and oxygen atoms in total. The second-order valence-corrected chi connectivity index (χ2v) is 7.76. The molecule has 0 spiro atoms. The van der Waals surface area contributed by atoms with Gasteiger partial charge in [-0.2, -0.15) is 4.98 Å². The fraction of sp³-hybridized carbons (Fsp3) is 0.150. The lowest BCUT2D eigenvalue weighted by Crippen LogP contribution is -1.95. The van der Waals surface area contributed by atoms with Gasteiger partial charge in [-0.25, -0.2) is 9.97 Å². The van der Waals surface area contributed by atoms with E-state index in [0.717, 1.165) is 22.0 Å². The van der Waals surface area contributed by atoms with Gasteiger partial charge >= 0.3 is 0 Å². The molecule has 0 unspecified atom stereocenters. The van der Waals surface area contributed by atoms with Crippen molar-refractivity contribution in [1.82, 2.24) is 25.1 Å². The van der Waals surface area contributed by atoms with Crippen LogP contribution in [0.25, 0.3) is 22.8 Å². The summed E-state index contributed by atoms with van der Waals surface area (Å²) in [7, 11) is 0. The Balaban J connectivity index is 1.48. The van der Waals surface area contributed by atoms with Crippen LogP contribution in [-0.2, 0) is 5.75 Å². The molecule has 3 heterocycles. The van der Waals surface area contributed by atoms with Gasteiger partial charge in [0, 0.05) is 16.7 Å². The lowest BCUT2D eigenvalue weighted by atomic mass is 10.2. The van der Waals surface area contributed by atoms with E-state index in [9.17, 15) is 0 Å². The zero-order valence-electron chi connectivity index (χ0n) is 15.4. The van der Waals surface area contributed by atoms with Crippen LogP contribution >= 0.6 is 23.5 Å². The molecule has 4 aromatic rings. The van der Waals surface area contributed by atoms with Crippen molar-refractivity contribution in [3.05, 3.63) is 66.4 Å². The molecule has 0 amide bonds. The van der Waals surface area contributed by atoms with Crippen LogP contribution in [0, 0.1) is 6.92 Å². The molecule has 0 atom stereocenters. The van der Waals surface area contributed by atoms with Crippen molar-refractivity contribution >= 4 is 23.5 Å². The van der Waals surface area contributed by atoms with Crippen molar-refractivity contribution in [2.75, 3.05) is 6.26 Å². The van der Waals surface area contributed by atoms with Gasteiger partial charge < -0.3 is 4.52 Å². The van der Waals surface area contributed by atoms with Gasteiger partial charge in [0.2, 0.25) is 11.7 Å². The first kappa shape index (κ1) is 18.6. The average Bonchev–Trinajstić information content (AvgIpc) is 3.22. The van der Waals surface area contributed by atoms with E-state index in [2.05, 4.69) is 25.1 Å². The van der Waals surface area contributed by atoms with Gasteiger partial charge in [-0.05, 0) is 55.6 Å². The van der Waals surface area contributed by atoms with Gasteiger partial charge in [0.15, 0.2) is 0 Å².